The second-order valence-electron chi connectivity index (χ2n) is 3.28. The highest BCUT2D eigenvalue weighted by atomic mass is 32.1. The number of aliphatic hydroxyl groups is 1. The molecule has 2 rings (SSSR count). The zero-order chi connectivity index (χ0) is 12.8. The molecule has 0 fully saturated rings. The van der Waals surface area contributed by atoms with Gasteiger partial charge in [0, 0.05) is 16.6 Å². The van der Waals surface area contributed by atoms with E-state index in [9.17, 15) is 4.79 Å². The van der Waals surface area contributed by atoms with E-state index < -0.39 is 0 Å². The number of hydrogen-bond acceptors (Lipinski definition) is 5. The highest BCUT2D eigenvalue weighted by Gasteiger charge is 2.08. The van der Waals surface area contributed by atoms with Gasteiger partial charge in [-0.3, -0.25) is 4.79 Å². The molecule has 1 heterocycles. The van der Waals surface area contributed by atoms with Gasteiger partial charge in [-0.1, -0.05) is 16.3 Å². The molecule has 0 bridgehead atoms. The van der Waals surface area contributed by atoms with Crippen LogP contribution in [0.25, 0.3) is 0 Å². The Morgan fingerprint density at radius 3 is 2.78 bits per heavy atom. The van der Waals surface area contributed by atoms with E-state index in [1.54, 1.807) is 29.6 Å². The number of aromatic nitrogens is 2. The zero-order valence-electron chi connectivity index (χ0n) is 9.25. The van der Waals surface area contributed by atoms with Crippen molar-refractivity contribution in [1.82, 2.24) is 9.59 Å². The molecule has 0 saturated carbocycles. The van der Waals surface area contributed by atoms with Crippen molar-refractivity contribution >= 4 is 23.1 Å². The zero-order valence-corrected chi connectivity index (χ0v) is 10.1. The molecule has 0 aliphatic heterocycles. The predicted octanol–water partition coefficient (Wildman–Crippen LogP) is 1.13. The Hall–Kier alpha value is -2.23. The topological polar surface area (TPSA) is 75.1 Å². The normalized spacial score (nSPS) is 9.39. The number of hydrogen-bond donors (Lipinski definition) is 2. The van der Waals surface area contributed by atoms with Crippen molar-refractivity contribution in [1.29, 1.82) is 0 Å². The lowest BCUT2D eigenvalue weighted by Crippen LogP contribution is -2.12. The average Bonchev–Trinajstić information content (AvgIpc) is 2.92. The molecule has 0 unspecified atom stereocenters. The second kappa shape index (κ2) is 5.91. The SMILES string of the molecule is O=C(Nc1ccc(C#CCO)cc1)c1csnn1. The van der Waals surface area contributed by atoms with Gasteiger partial charge in [0.2, 0.25) is 0 Å². The van der Waals surface area contributed by atoms with Crippen LogP contribution in [0.1, 0.15) is 16.1 Å². The highest BCUT2D eigenvalue weighted by Crippen LogP contribution is 2.10. The van der Waals surface area contributed by atoms with E-state index in [0.717, 1.165) is 17.1 Å². The van der Waals surface area contributed by atoms with E-state index in [1.807, 2.05) is 0 Å². The summed E-state index contributed by atoms with van der Waals surface area (Å²) in [5, 5.41) is 16.5. The summed E-state index contributed by atoms with van der Waals surface area (Å²) >= 11 is 1.13. The molecular weight excluding hydrogens is 250 g/mol. The third-order valence-electron chi connectivity index (χ3n) is 2.05. The number of anilines is 1. The number of nitrogens with one attached hydrogen (secondary N) is 1. The highest BCUT2D eigenvalue weighted by molar-refractivity contribution is 7.03. The Kier molecular flexibility index (Phi) is 4.02. The summed E-state index contributed by atoms with van der Waals surface area (Å²) in [5.41, 5.74) is 1.73. The van der Waals surface area contributed by atoms with Gasteiger partial charge in [0.1, 0.15) is 6.61 Å². The lowest BCUT2D eigenvalue weighted by molar-refractivity contribution is 0.102. The minimum absolute atomic E-state index is 0.171. The van der Waals surface area contributed by atoms with Gasteiger partial charge < -0.3 is 10.4 Å². The standard InChI is InChI=1S/C12H9N3O2S/c16-7-1-2-9-3-5-10(6-4-9)13-12(17)11-8-18-15-14-11/h3-6,8,16H,7H2,(H,13,17). The number of aliphatic hydroxyl groups excluding tert-OH is 1. The summed E-state index contributed by atoms with van der Waals surface area (Å²) in [6.07, 6.45) is 0. The molecule has 1 aromatic carbocycles. The van der Waals surface area contributed by atoms with Crippen LogP contribution < -0.4 is 5.32 Å². The van der Waals surface area contributed by atoms with Crippen molar-refractivity contribution in [2.75, 3.05) is 11.9 Å². The smallest absolute Gasteiger partial charge is 0.277 e. The maximum Gasteiger partial charge on any atom is 0.277 e. The Morgan fingerprint density at radius 2 is 2.17 bits per heavy atom. The molecule has 1 amide bonds. The lowest BCUT2D eigenvalue weighted by atomic mass is 10.2. The second-order valence-corrected chi connectivity index (χ2v) is 3.89. The van der Waals surface area contributed by atoms with Gasteiger partial charge in [0.25, 0.3) is 5.91 Å². The fourth-order valence-corrected chi connectivity index (χ4v) is 1.67. The summed E-state index contributed by atoms with van der Waals surface area (Å²) in [5.74, 6) is 5.02. The van der Waals surface area contributed by atoms with Crippen molar-refractivity contribution in [3.8, 4) is 11.8 Å². The van der Waals surface area contributed by atoms with Crippen molar-refractivity contribution in [2.24, 2.45) is 0 Å². The van der Waals surface area contributed by atoms with Crippen LogP contribution in [0, 0.1) is 11.8 Å². The number of rotatable bonds is 2. The number of amides is 1. The Labute approximate surface area is 108 Å². The van der Waals surface area contributed by atoms with Crippen LogP contribution in [0.5, 0.6) is 0 Å². The Morgan fingerprint density at radius 1 is 1.39 bits per heavy atom. The van der Waals surface area contributed by atoms with Gasteiger partial charge in [0.05, 0.1) is 0 Å². The van der Waals surface area contributed by atoms with Crippen molar-refractivity contribution in [3.05, 3.63) is 40.9 Å². The van der Waals surface area contributed by atoms with E-state index in [0.29, 0.717) is 11.4 Å². The molecule has 2 aromatic rings. The first-order chi connectivity index (χ1) is 8.79. The molecule has 0 aliphatic carbocycles. The summed E-state index contributed by atoms with van der Waals surface area (Å²) < 4.78 is 3.62. The molecule has 5 nitrogen and oxygen atoms in total. The van der Waals surface area contributed by atoms with Gasteiger partial charge in [0.15, 0.2) is 5.69 Å². The van der Waals surface area contributed by atoms with Crippen molar-refractivity contribution in [3.63, 3.8) is 0 Å². The first-order valence-corrected chi connectivity index (χ1v) is 5.91. The maximum atomic E-state index is 11.7. The lowest BCUT2D eigenvalue weighted by Gasteiger charge is -2.02. The Bertz CT molecular complexity index is 582. The molecule has 6 heteroatoms. The van der Waals surface area contributed by atoms with Gasteiger partial charge in [-0.15, -0.1) is 5.10 Å². The van der Waals surface area contributed by atoms with Crippen LogP contribution in [-0.4, -0.2) is 27.2 Å². The maximum absolute atomic E-state index is 11.7. The first kappa shape index (κ1) is 12.2. The van der Waals surface area contributed by atoms with E-state index in [2.05, 4.69) is 26.7 Å². The fraction of sp³-hybridized carbons (Fsp3) is 0.0833. The van der Waals surface area contributed by atoms with Crippen LogP contribution in [0.4, 0.5) is 5.69 Å². The molecule has 90 valence electrons. The number of benzene rings is 1. The van der Waals surface area contributed by atoms with Gasteiger partial charge in [-0.05, 0) is 35.8 Å². The predicted molar refractivity (Wildman–Crippen MR) is 68.3 cm³/mol. The minimum atomic E-state index is -0.294. The van der Waals surface area contributed by atoms with Crippen LogP contribution >= 0.6 is 11.5 Å². The van der Waals surface area contributed by atoms with Gasteiger partial charge >= 0.3 is 0 Å². The average molecular weight is 259 g/mol. The van der Waals surface area contributed by atoms with E-state index in [-0.39, 0.29) is 12.5 Å². The number of carbonyl (C=O) groups is 1. The molecule has 0 spiro atoms. The number of nitrogens with zero attached hydrogens (tertiary/aromatic N) is 2. The largest absolute Gasteiger partial charge is 0.384 e. The summed E-state index contributed by atoms with van der Waals surface area (Å²) in [4.78, 5) is 11.7. The summed E-state index contributed by atoms with van der Waals surface area (Å²) in [7, 11) is 0. The van der Waals surface area contributed by atoms with E-state index >= 15 is 0 Å². The van der Waals surface area contributed by atoms with Gasteiger partial charge in [-0.25, -0.2) is 0 Å². The fourth-order valence-electron chi connectivity index (χ4n) is 1.24. The molecular formula is C12H9N3O2S. The monoisotopic (exact) mass is 259 g/mol. The molecule has 1 aromatic heterocycles. The first-order valence-electron chi connectivity index (χ1n) is 5.08. The third-order valence-corrected chi connectivity index (χ3v) is 2.55. The van der Waals surface area contributed by atoms with Crippen LogP contribution in [0.15, 0.2) is 29.6 Å². The van der Waals surface area contributed by atoms with Gasteiger partial charge in [-0.2, -0.15) is 0 Å². The molecule has 2 N–H and O–H groups in total. The molecule has 18 heavy (non-hydrogen) atoms. The van der Waals surface area contributed by atoms with Crippen LogP contribution in [0.3, 0.4) is 0 Å². The summed E-state index contributed by atoms with van der Waals surface area (Å²) in [6.45, 7) is -0.171. The van der Waals surface area contributed by atoms with Crippen molar-refractivity contribution < 1.29 is 9.90 Å². The summed E-state index contributed by atoms with van der Waals surface area (Å²) in [6, 6.07) is 6.99. The van der Waals surface area contributed by atoms with E-state index in [1.165, 1.54) is 0 Å². The quantitative estimate of drug-likeness (QED) is 0.793. The van der Waals surface area contributed by atoms with Crippen LogP contribution in [-0.2, 0) is 0 Å². The Balaban J connectivity index is 2.04. The van der Waals surface area contributed by atoms with E-state index in [4.69, 9.17) is 5.11 Å². The molecule has 0 aliphatic rings. The third kappa shape index (κ3) is 3.13. The molecule has 0 atom stereocenters. The van der Waals surface area contributed by atoms with Crippen molar-refractivity contribution in [2.45, 2.75) is 0 Å². The molecule has 0 saturated heterocycles. The minimum Gasteiger partial charge on any atom is -0.384 e. The molecule has 0 radical (unpaired) electrons. The van der Waals surface area contributed by atoms with Crippen LogP contribution in [0.2, 0.25) is 0 Å². The number of carbonyl (C=O) groups excluding carboxylic acids is 1.